The molecule has 0 bridgehead atoms. The summed E-state index contributed by atoms with van der Waals surface area (Å²) in [6.45, 7) is 5.92. The molecule has 0 atom stereocenters. The average molecular weight is 308 g/mol. The average Bonchev–Trinajstić information content (AvgIpc) is 2.79. The van der Waals surface area contributed by atoms with Crippen molar-refractivity contribution in [3.05, 3.63) is 11.9 Å². The molecule has 4 nitrogen and oxygen atoms in total. The zero-order valence-electron chi connectivity index (χ0n) is 12.3. The Kier molecular flexibility index (Phi) is 3.86. The Morgan fingerprint density at radius 2 is 1.71 bits per heavy atom. The van der Waals surface area contributed by atoms with Crippen LogP contribution in [0.25, 0.3) is 0 Å². The lowest BCUT2D eigenvalue weighted by atomic mass is 9.79. The first-order valence-corrected chi connectivity index (χ1v) is 6.54. The van der Waals surface area contributed by atoms with Gasteiger partial charge in [0.05, 0.1) is 17.7 Å². The standard InChI is InChI=1S/C12H17BF4N2O2/c1-10(2)11(3,4)21-13(20-10)8-7-19(6-5-14)18-9(8)12(15,16)17/h7H,5-6H2,1-4H3. The third kappa shape index (κ3) is 2.94. The second-order valence-corrected chi connectivity index (χ2v) is 5.97. The van der Waals surface area contributed by atoms with Crippen molar-refractivity contribution in [3.8, 4) is 0 Å². The van der Waals surface area contributed by atoms with E-state index in [-0.39, 0.29) is 12.0 Å². The van der Waals surface area contributed by atoms with Crippen LogP contribution in [0.5, 0.6) is 0 Å². The van der Waals surface area contributed by atoms with E-state index >= 15 is 0 Å². The lowest BCUT2D eigenvalue weighted by molar-refractivity contribution is -0.140. The Morgan fingerprint density at radius 3 is 2.14 bits per heavy atom. The fraction of sp³-hybridized carbons (Fsp3) is 0.750. The summed E-state index contributed by atoms with van der Waals surface area (Å²) in [6.07, 6.45) is -3.52. The number of nitrogens with zero attached hydrogens (tertiary/aromatic N) is 2. The maximum atomic E-state index is 13.1. The highest BCUT2D eigenvalue weighted by atomic mass is 19.4. The summed E-state index contributed by atoms with van der Waals surface area (Å²) in [5, 5.41) is 3.40. The molecule has 1 saturated heterocycles. The zero-order valence-corrected chi connectivity index (χ0v) is 12.3. The van der Waals surface area contributed by atoms with E-state index in [1.165, 1.54) is 0 Å². The van der Waals surface area contributed by atoms with E-state index < -0.39 is 36.9 Å². The van der Waals surface area contributed by atoms with Gasteiger partial charge in [0.15, 0.2) is 5.69 Å². The van der Waals surface area contributed by atoms with Gasteiger partial charge < -0.3 is 9.31 Å². The minimum absolute atomic E-state index is 0.227. The van der Waals surface area contributed by atoms with Gasteiger partial charge in [-0.15, -0.1) is 0 Å². The molecule has 2 heterocycles. The second-order valence-electron chi connectivity index (χ2n) is 5.97. The van der Waals surface area contributed by atoms with Gasteiger partial charge in [-0.05, 0) is 27.7 Å². The Bertz CT molecular complexity index is 512. The summed E-state index contributed by atoms with van der Waals surface area (Å²) >= 11 is 0. The zero-order chi connectivity index (χ0) is 16.1. The van der Waals surface area contributed by atoms with Crippen LogP contribution in [0.15, 0.2) is 6.20 Å². The third-order valence-electron chi connectivity index (χ3n) is 3.88. The molecule has 0 aromatic carbocycles. The maximum absolute atomic E-state index is 13.1. The van der Waals surface area contributed by atoms with Crippen LogP contribution in [0.3, 0.4) is 0 Å². The van der Waals surface area contributed by atoms with E-state index in [0.29, 0.717) is 0 Å². The van der Waals surface area contributed by atoms with Crippen LogP contribution >= 0.6 is 0 Å². The molecule has 1 aromatic heterocycles. The van der Waals surface area contributed by atoms with Crippen molar-refractivity contribution in [1.82, 2.24) is 9.78 Å². The van der Waals surface area contributed by atoms with Crippen LogP contribution < -0.4 is 5.46 Å². The van der Waals surface area contributed by atoms with Gasteiger partial charge >= 0.3 is 13.3 Å². The lowest BCUT2D eigenvalue weighted by Crippen LogP contribution is -2.41. The van der Waals surface area contributed by atoms with Crippen molar-refractivity contribution in [2.45, 2.75) is 51.6 Å². The van der Waals surface area contributed by atoms with Crippen molar-refractivity contribution in [1.29, 1.82) is 0 Å². The van der Waals surface area contributed by atoms with Gasteiger partial charge in [0.2, 0.25) is 0 Å². The molecule has 1 aliphatic rings. The number of aromatic nitrogens is 2. The molecular formula is C12H17BF4N2O2. The summed E-state index contributed by atoms with van der Waals surface area (Å²) in [5.41, 5.74) is -2.85. The number of rotatable bonds is 3. The van der Waals surface area contributed by atoms with E-state index in [1.807, 2.05) is 0 Å². The number of hydrogen-bond acceptors (Lipinski definition) is 3. The highest BCUT2D eigenvalue weighted by molar-refractivity contribution is 6.62. The third-order valence-corrected chi connectivity index (χ3v) is 3.88. The largest absolute Gasteiger partial charge is 0.498 e. The Balaban J connectivity index is 2.40. The minimum Gasteiger partial charge on any atom is -0.399 e. The van der Waals surface area contributed by atoms with Crippen molar-refractivity contribution in [2.24, 2.45) is 0 Å². The first kappa shape index (κ1) is 16.3. The predicted octanol–water partition coefficient (Wildman–Crippen LogP) is 2.17. The molecular weight excluding hydrogens is 291 g/mol. The molecule has 118 valence electrons. The molecule has 2 rings (SSSR count). The number of halogens is 4. The Hall–Kier alpha value is -1.09. The molecule has 21 heavy (non-hydrogen) atoms. The molecule has 0 radical (unpaired) electrons. The van der Waals surface area contributed by atoms with Crippen LogP contribution in [0.1, 0.15) is 33.4 Å². The molecule has 1 aliphatic heterocycles. The number of alkyl halides is 4. The molecule has 0 spiro atoms. The molecule has 0 saturated carbocycles. The van der Waals surface area contributed by atoms with Crippen molar-refractivity contribution in [2.75, 3.05) is 6.67 Å². The van der Waals surface area contributed by atoms with Gasteiger partial charge in [-0.2, -0.15) is 18.3 Å². The van der Waals surface area contributed by atoms with E-state index in [9.17, 15) is 17.6 Å². The van der Waals surface area contributed by atoms with Crippen LogP contribution in [0, 0.1) is 0 Å². The summed E-state index contributed by atoms with van der Waals surface area (Å²) < 4.78 is 63.7. The second kappa shape index (κ2) is 4.98. The fourth-order valence-electron chi connectivity index (χ4n) is 2.00. The maximum Gasteiger partial charge on any atom is 0.498 e. The van der Waals surface area contributed by atoms with Crippen LogP contribution in [0.4, 0.5) is 17.6 Å². The normalized spacial score (nSPS) is 21.0. The molecule has 0 unspecified atom stereocenters. The molecule has 0 N–H and O–H groups in total. The monoisotopic (exact) mass is 308 g/mol. The first-order chi connectivity index (χ1) is 9.48. The quantitative estimate of drug-likeness (QED) is 0.634. The Labute approximate surface area is 120 Å². The minimum atomic E-state index is -4.65. The summed E-state index contributed by atoms with van der Waals surface area (Å²) in [6, 6.07) is 0. The molecule has 0 amide bonds. The van der Waals surface area contributed by atoms with E-state index in [0.717, 1.165) is 10.9 Å². The topological polar surface area (TPSA) is 36.3 Å². The smallest absolute Gasteiger partial charge is 0.399 e. The summed E-state index contributed by atoms with van der Waals surface area (Å²) in [4.78, 5) is 0. The van der Waals surface area contributed by atoms with E-state index in [2.05, 4.69) is 5.10 Å². The van der Waals surface area contributed by atoms with E-state index in [1.54, 1.807) is 27.7 Å². The molecule has 1 fully saturated rings. The highest BCUT2D eigenvalue weighted by Crippen LogP contribution is 2.37. The summed E-state index contributed by atoms with van der Waals surface area (Å²) in [5.74, 6) is 0. The van der Waals surface area contributed by atoms with Gasteiger partial charge in [0.25, 0.3) is 0 Å². The first-order valence-electron chi connectivity index (χ1n) is 6.54. The molecule has 0 aliphatic carbocycles. The number of hydrogen-bond donors (Lipinski definition) is 0. The Morgan fingerprint density at radius 1 is 1.19 bits per heavy atom. The van der Waals surface area contributed by atoms with Crippen LogP contribution in [-0.4, -0.2) is 34.8 Å². The molecule has 1 aromatic rings. The van der Waals surface area contributed by atoms with Gasteiger partial charge in [-0.25, -0.2) is 4.39 Å². The number of aryl methyl sites for hydroxylation is 1. The fourth-order valence-corrected chi connectivity index (χ4v) is 2.00. The van der Waals surface area contributed by atoms with Crippen molar-refractivity contribution >= 4 is 12.6 Å². The SMILES string of the molecule is CC1(C)OB(c2cn(CCF)nc2C(F)(F)F)OC1(C)C. The van der Waals surface area contributed by atoms with Gasteiger partial charge in [-0.3, -0.25) is 4.68 Å². The van der Waals surface area contributed by atoms with Gasteiger partial charge in [0.1, 0.15) is 6.67 Å². The van der Waals surface area contributed by atoms with Crippen molar-refractivity contribution in [3.63, 3.8) is 0 Å². The van der Waals surface area contributed by atoms with Gasteiger partial charge in [0, 0.05) is 11.7 Å². The summed E-state index contributed by atoms with van der Waals surface area (Å²) in [7, 11) is -1.18. The van der Waals surface area contributed by atoms with Gasteiger partial charge in [-0.1, -0.05) is 0 Å². The predicted molar refractivity (Wildman–Crippen MR) is 68.9 cm³/mol. The highest BCUT2D eigenvalue weighted by Gasteiger charge is 2.54. The van der Waals surface area contributed by atoms with Crippen LogP contribution in [-0.2, 0) is 22.0 Å². The van der Waals surface area contributed by atoms with Crippen LogP contribution in [0.2, 0.25) is 0 Å². The lowest BCUT2D eigenvalue weighted by Gasteiger charge is -2.32. The van der Waals surface area contributed by atoms with E-state index in [4.69, 9.17) is 9.31 Å². The molecule has 9 heteroatoms. The van der Waals surface area contributed by atoms with Crippen molar-refractivity contribution < 1.29 is 26.9 Å².